The minimum atomic E-state index is -0.513. The number of benzene rings is 1. The third-order valence-electron chi connectivity index (χ3n) is 3.15. The molecule has 0 saturated carbocycles. The summed E-state index contributed by atoms with van der Waals surface area (Å²) in [6, 6.07) is 4.74. The lowest BCUT2D eigenvalue weighted by Crippen LogP contribution is -2.44. The van der Waals surface area contributed by atoms with Gasteiger partial charge in [-0.2, -0.15) is 0 Å². The summed E-state index contributed by atoms with van der Waals surface area (Å²) in [6.07, 6.45) is -0.323. The number of phenols is 2. The summed E-state index contributed by atoms with van der Waals surface area (Å²) in [4.78, 5) is 13.8. The van der Waals surface area contributed by atoms with Gasteiger partial charge in [0.15, 0.2) is 11.5 Å². The number of aromatic hydroxyl groups is 2. The van der Waals surface area contributed by atoms with Crippen LogP contribution in [-0.4, -0.2) is 45.9 Å². The van der Waals surface area contributed by atoms with E-state index in [-0.39, 0.29) is 23.6 Å². The van der Waals surface area contributed by atoms with Crippen LogP contribution in [0.15, 0.2) is 18.2 Å². The fraction of sp³-hybridized carbons (Fsp3) is 0.588. The van der Waals surface area contributed by atoms with E-state index in [1.165, 1.54) is 12.1 Å². The Bertz CT molecular complexity index is 524. The molecule has 1 aromatic carbocycles. The summed E-state index contributed by atoms with van der Waals surface area (Å²) in [7, 11) is 0. The third kappa shape index (κ3) is 6.78. The summed E-state index contributed by atoms with van der Waals surface area (Å²) >= 11 is 0. The Kier molecular flexibility index (Phi) is 6.69. The molecule has 1 amide bonds. The Morgan fingerprint density at radius 3 is 2.43 bits per heavy atom. The van der Waals surface area contributed by atoms with Crippen molar-refractivity contribution in [2.24, 2.45) is 0 Å². The van der Waals surface area contributed by atoms with E-state index in [1.54, 1.807) is 11.0 Å². The van der Waals surface area contributed by atoms with E-state index in [2.05, 4.69) is 5.32 Å². The number of hydrogen-bond acceptors (Lipinski definition) is 5. The lowest BCUT2D eigenvalue weighted by atomic mass is 10.2. The zero-order valence-corrected chi connectivity index (χ0v) is 14.6. The van der Waals surface area contributed by atoms with Crippen LogP contribution in [0, 0.1) is 0 Å². The summed E-state index contributed by atoms with van der Waals surface area (Å²) in [5.74, 6) is -0.272. The molecule has 0 fully saturated rings. The van der Waals surface area contributed by atoms with Crippen LogP contribution in [-0.2, 0) is 11.3 Å². The molecule has 0 bridgehead atoms. The Morgan fingerprint density at radius 1 is 1.26 bits per heavy atom. The van der Waals surface area contributed by atoms with E-state index in [0.29, 0.717) is 19.6 Å². The van der Waals surface area contributed by atoms with Crippen molar-refractivity contribution in [3.8, 4) is 11.5 Å². The highest BCUT2D eigenvalue weighted by atomic mass is 16.6. The minimum absolute atomic E-state index is 0.0457. The largest absolute Gasteiger partial charge is 0.504 e. The van der Waals surface area contributed by atoms with E-state index >= 15 is 0 Å². The number of carbonyl (C=O) groups excluding carboxylic acids is 1. The summed E-state index contributed by atoms with van der Waals surface area (Å²) in [5.41, 5.74) is 0.343. The molecule has 0 radical (unpaired) electrons. The molecule has 0 unspecified atom stereocenters. The van der Waals surface area contributed by atoms with Crippen molar-refractivity contribution in [3.05, 3.63) is 23.8 Å². The quantitative estimate of drug-likeness (QED) is 0.554. The molecule has 0 heterocycles. The Hall–Kier alpha value is -1.95. The standard InChI is InChI=1S/C17H28N2O4/c1-12(2)19(16(22)23-17(3,4)5)9-8-18-11-13-6-7-14(20)15(21)10-13/h6-7,10,12,18,20-21H,8-9,11H2,1-5H3. The highest BCUT2D eigenvalue weighted by molar-refractivity contribution is 5.68. The van der Waals surface area contributed by atoms with Gasteiger partial charge < -0.3 is 25.2 Å². The number of rotatable bonds is 6. The first-order valence-corrected chi connectivity index (χ1v) is 7.81. The van der Waals surface area contributed by atoms with Crippen LogP contribution < -0.4 is 5.32 Å². The summed E-state index contributed by atoms with van der Waals surface area (Å²) in [6.45, 7) is 11.1. The predicted molar refractivity (Wildman–Crippen MR) is 89.6 cm³/mol. The van der Waals surface area contributed by atoms with Crippen LogP contribution >= 0.6 is 0 Å². The van der Waals surface area contributed by atoms with Gasteiger partial charge in [-0.15, -0.1) is 0 Å². The molecule has 0 saturated heterocycles. The van der Waals surface area contributed by atoms with Crippen LogP contribution in [0.1, 0.15) is 40.2 Å². The maximum Gasteiger partial charge on any atom is 0.410 e. The number of amides is 1. The first-order chi connectivity index (χ1) is 10.6. The predicted octanol–water partition coefficient (Wildman–Crippen LogP) is 2.83. The lowest BCUT2D eigenvalue weighted by molar-refractivity contribution is 0.0193. The Morgan fingerprint density at radius 2 is 1.91 bits per heavy atom. The normalized spacial score (nSPS) is 11.6. The molecule has 23 heavy (non-hydrogen) atoms. The molecule has 0 aliphatic heterocycles. The van der Waals surface area contributed by atoms with Crippen molar-refractivity contribution in [1.29, 1.82) is 0 Å². The second-order valence-electron chi connectivity index (χ2n) is 6.77. The van der Waals surface area contributed by atoms with Gasteiger partial charge in [-0.3, -0.25) is 0 Å². The van der Waals surface area contributed by atoms with Gasteiger partial charge in [0.05, 0.1) is 0 Å². The molecule has 0 atom stereocenters. The van der Waals surface area contributed by atoms with E-state index < -0.39 is 5.60 Å². The Balaban J connectivity index is 2.47. The molecule has 0 aliphatic carbocycles. The number of nitrogens with one attached hydrogen (secondary N) is 1. The number of phenolic OH excluding ortho intramolecular Hbond substituents is 2. The first kappa shape index (κ1) is 19.1. The van der Waals surface area contributed by atoms with Gasteiger partial charge in [-0.1, -0.05) is 6.07 Å². The van der Waals surface area contributed by atoms with Crippen molar-refractivity contribution < 1.29 is 19.7 Å². The summed E-state index contributed by atoms with van der Waals surface area (Å²) < 4.78 is 5.40. The maximum atomic E-state index is 12.2. The van der Waals surface area contributed by atoms with Gasteiger partial charge in [0.2, 0.25) is 0 Å². The molecular formula is C17H28N2O4. The fourth-order valence-corrected chi connectivity index (χ4v) is 1.99. The van der Waals surface area contributed by atoms with Gasteiger partial charge >= 0.3 is 6.09 Å². The smallest absolute Gasteiger partial charge is 0.410 e. The van der Waals surface area contributed by atoms with Gasteiger partial charge in [0.25, 0.3) is 0 Å². The molecule has 0 spiro atoms. The van der Waals surface area contributed by atoms with Crippen LogP contribution in [0.3, 0.4) is 0 Å². The third-order valence-corrected chi connectivity index (χ3v) is 3.15. The van der Waals surface area contributed by atoms with Crippen LogP contribution in [0.25, 0.3) is 0 Å². The highest BCUT2D eigenvalue weighted by Gasteiger charge is 2.23. The van der Waals surface area contributed by atoms with Crippen molar-refractivity contribution >= 4 is 6.09 Å². The van der Waals surface area contributed by atoms with Crippen molar-refractivity contribution in [3.63, 3.8) is 0 Å². The second-order valence-corrected chi connectivity index (χ2v) is 6.77. The number of carbonyl (C=O) groups is 1. The molecule has 0 aromatic heterocycles. The molecule has 6 heteroatoms. The minimum Gasteiger partial charge on any atom is -0.504 e. The van der Waals surface area contributed by atoms with Gasteiger partial charge in [0.1, 0.15) is 5.60 Å². The topological polar surface area (TPSA) is 82.0 Å². The van der Waals surface area contributed by atoms with Gasteiger partial charge in [-0.25, -0.2) is 4.79 Å². The van der Waals surface area contributed by atoms with E-state index in [0.717, 1.165) is 5.56 Å². The van der Waals surface area contributed by atoms with E-state index in [9.17, 15) is 15.0 Å². The van der Waals surface area contributed by atoms with Crippen LogP contribution in [0.5, 0.6) is 11.5 Å². The number of nitrogens with zero attached hydrogens (tertiary/aromatic N) is 1. The van der Waals surface area contributed by atoms with Crippen molar-refractivity contribution in [2.75, 3.05) is 13.1 Å². The monoisotopic (exact) mass is 324 g/mol. The lowest BCUT2D eigenvalue weighted by Gasteiger charge is -2.30. The van der Waals surface area contributed by atoms with E-state index in [4.69, 9.17) is 4.74 Å². The van der Waals surface area contributed by atoms with Crippen LogP contribution in [0.4, 0.5) is 4.79 Å². The molecular weight excluding hydrogens is 296 g/mol. The van der Waals surface area contributed by atoms with Crippen LogP contribution in [0.2, 0.25) is 0 Å². The fourth-order valence-electron chi connectivity index (χ4n) is 1.99. The molecule has 130 valence electrons. The average molecular weight is 324 g/mol. The van der Waals surface area contributed by atoms with Crippen molar-refractivity contribution in [2.45, 2.75) is 52.8 Å². The molecule has 3 N–H and O–H groups in total. The highest BCUT2D eigenvalue weighted by Crippen LogP contribution is 2.24. The molecule has 6 nitrogen and oxygen atoms in total. The summed E-state index contributed by atoms with van der Waals surface area (Å²) in [5, 5.41) is 21.9. The second kappa shape index (κ2) is 8.06. The van der Waals surface area contributed by atoms with E-state index in [1.807, 2.05) is 34.6 Å². The molecule has 1 aromatic rings. The maximum absolute atomic E-state index is 12.2. The first-order valence-electron chi connectivity index (χ1n) is 7.81. The zero-order valence-electron chi connectivity index (χ0n) is 14.6. The van der Waals surface area contributed by atoms with Gasteiger partial charge in [0, 0.05) is 25.7 Å². The Labute approximate surface area is 138 Å². The average Bonchev–Trinajstić information content (AvgIpc) is 2.40. The zero-order chi connectivity index (χ0) is 17.6. The molecule has 1 rings (SSSR count). The van der Waals surface area contributed by atoms with Crippen molar-refractivity contribution in [1.82, 2.24) is 10.2 Å². The van der Waals surface area contributed by atoms with Gasteiger partial charge in [-0.05, 0) is 52.3 Å². The SMILES string of the molecule is CC(C)N(CCNCc1ccc(O)c(O)c1)C(=O)OC(C)(C)C. The molecule has 0 aliphatic rings. The number of ether oxygens (including phenoxy) is 1. The number of hydrogen-bond donors (Lipinski definition) is 3.